The lowest BCUT2D eigenvalue weighted by Gasteiger charge is -2.15. The number of benzene rings is 1. The molecular formula is C16H11N4O4S-. The average molecular weight is 355 g/mol. The van der Waals surface area contributed by atoms with Crippen LogP contribution in [0.4, 0.5) is 0 Å². The maximum Gasteiger partial charge on any atom is 0.327 e. The van der Waals surface area contributed by atoms with E-state index in [0.29, 0.717) is 16.9 Å². The van der Waals surface area contributed by atoms with Gasteiger partial charge in [-0.2, -0.15) is 5.26 Å². The second-order valence-electron chi connectivity index (χ2n) is 5.01. The van der Waals surface area contributed by atoms with Crippen molar-refractivity contribution in [3.63, 3.8) is 0 Å². The fourth-order valence-corrected chi connectivity index (χ4v) is 2.69. The molecule has 3 N–H and O–H groups in total. The Kier molecular flexibility index (Phi) is 4.47. The van der Waals surface area contributed by atoms with Crippen molar-refractivity contribution in [2.24, 2.45) is 0 Å². The molecule has 0 saturated heterocycles. The molecule has 0 bridgehead atoms. The molecule has 0 amide bonds. The monoisotopic (exact) mass is 355 g/mol. The molecule has 8 nitrogen and oxygen atoms in total. The maximum absolute atomic E-state index is 12.3. The summed E-state index contributed by atoms with van der Waals surface area (Å²) in [5.41, 5.74) is -0.429. The van der Waals surface area contributed by atoms with E-state index in [9.17, 15) is 14.9 Å². The molecule has 0 atom stereocenters. The van der Waals surface area contributed by atoms with Gasteiger partial charge in [-0.3, -0.25) is 19.7 Å². The van der Waals surface area contributed by atoms with E-state index < -0.39 is 11.2 Å². The van der Waals surface area contributed by atoms with Gasteiger partial charge in [0.05, 0.1) is 23.6 Å². The predicted molar refractivity (Wildman–Crippen MR) is 91.3 cm³/mol. The highest BCUT2D eigenvalue weighted by atomic mass is 32.1. The van der Waals surface area contributed by atoms with Crippen molar-refractivity contribution in [2.45, 2.75) is 5.03 Å². The van der Waals surface area contributed by atoms with Crippen molar-refractivity contribution in [2.75, 3.05) is 13.2 Å². The third-order valence-corrected chi connectivity index (χ3v) is 3.76. The number of fused-ring (bicyclic) bond motifs is 1. The Morgan fingerprint density at radius 1 is 1.24 bits per heavy atom. The second kappa shape index (κ2) is 6.72. The molecule has 0 aliphatic rings. The molecule has 25 heavy (non-hydrogen) atoms. The maximum atomic E-state index is 12.3. The summed E-state index contributed by atoms with van der Waals surface area (Å²) in [6.07, 6.45) is 0. The van der Waals surface area contributed by atoms with E-state index in [1.807, 2.05) is 6.07 Å². The van der Waals surface area contributed by atoms with Crippen molar-refractivity contribution in [3.8, 4) is 22.9 Å². The molecule has 2 aromatic heterocycles. The summed E-state index contributed by atoms with van der Waals surface area (Å²) in [7, 11) is 0. The van der Waals surface area contributed by atoms with E-state index in [4.69, 9.17) is 22.5 Å². The molecule has 0 aliphatic carbocycles. The fraction of sp³-hybridized carbons (Fsp3) is 0.125. The molecule has 3 rings (SSSR count). The Morgan fingerprint density at radius 2 is 1.96 bits per heavy atom. The standard InChI is InChI=1S/C16H12N4O4S/c17-7-10-11(8-1-3-9(4-2-8)24-6-5-21)12-13(18-15(10)25)19-16(23)20-14(12)22/h1-4,21H,5-6H2,(H3,18,19,20,22,23,25)/p-1. The molecule has 0 unspecified atom stereocenters. The number of aromatic nitrogens is 3. The van der Waals surface area contributed by atoms with Crippen molar-refractivity contribution in [1.82, 2.24) is 15.0 Å². The Labute approximate surface area is 146 Å². The van der Waals surface area contributed by atoms with Gasteiger partial charge in [0.15, 0.2) is 0 Å². The summed E-state index contributed by atoms with van der Waals surface area (Å²) in [5.74, 6) is 0.524. The third-order valence-electron chi connectivity index (χ3n) is 3.46. The van der Waals surface area contributed by atoms with Crippen LogP contribution in [0.15, 0.2) is 38.9 Å². The van der Waals surface area contributed by atoms with E-state index in [-0.39, 0.29) is 34.8 Å². The Balaban J connectivity index is 2.29. The second-order valence-corrected chi connectivity index (χ2v) is 5.39. The Morgan fingerprint density at radius 3 is 2.60 bits per heavy atom. The molecule has 126 valence electrons. The Hall–Kier alpha value is -3.22. The lowest BCUT2D eigenvalue weighted by atomic mass is 9.98. The highest BCUT2D eigenvalue weighted by Gasteiger charge is 2.16. The van der Waals surface area contributed by atoms with Crippen LogP contribution >= 0.6 is 0 Å². The zero-order chi connectivity index (χ0) is 18.0. The number of aromatic amines is 2. The van der Waals surface area contributed by atoms with Crippen LogP contribution in [0, 0.1) is 11.3 Å². The minimum atomic E-state index is -0.706. The highest BCUT2D eigenvalue weighted by molar-refractivity contribution is 7.58. The normalized spacial score (nSPS) is 10.6. The summed E-state index contributed by atoms with van der Waals surface area (Å²) >= 11 is 5.12. The summed E-state index contributed by atoms with van der Waals surface area (Å²) in [5, 5.41) is 18.3. The van der Waals surface area contributed by atoms with Gasteiger partial charge in [0, 0.05) is 5.56 Å². The van der Waals surface area contributed by atoms with Crippen molar-refractivity contribution >= 4 is 23.7 Å². The average Bonchev–Trinajstić information content (AvgIpc) is 2.59. The first kappa shape index (κ1) is 16.6. The van der Waals surface area contributed by atoms with Crippen LogP contribution in [0.2, 0.25) is 0 Å². The lowest BCUT2D eigenvalue weighted by molar-refractivity contribution is 0.201. The molecular weight excluding hydrogens is 344 g/mol. The zero-order valence-electron chi connectivity index (χ0n) is 12.7. The highest BCUT2D eigenvalue weighted by Crippen LogP contribution is 2.31. The van der Waals surface area contributed by atoms with E-state index >= 15 is 0 Å². The van der Waals surface area contributed by atoms with Crippen molar-refractivity contribution in [1.29, 1.82) is 5.26 Å². The first-order valence-corrected chi connectivity index (χ1v) is 7.57. The van der Waals surface area contributed by atoms with Crippen LogP contribution in [0.3, 0.4) is 0 Å². The number of pyridine rings is 1. The van der Waals surface area contributed by atoms with Gasteiger partial charge in [0.25, 0.3) is 5.56 Å². The van der Waals surface area contributed by atoms with Gasteiger partial charge in [-0.1, -0.05) is 17.2 Å². The summed E-state index contributed by atoms with van der Waals surface area (Å²) < 4.78 is 5.29. The number of hydrogen-bond acceptors (Lipinski definition) is 7. The Bertz CT molecular complexity index is 1100. The van der Waals surface area contributed by atoms with Crippen LogP contribution in [0.25, 0.3) is 22.2 Å². The van der Waals surface area contributed by atoms with E-state index in [1.54, 1.807) is 24.3 Å². The van der Waals surface area contributed by atoms with Gasteiger partial charge in [-0.05, 0) is 17.7 Å². The van der Waals surface area contributed by atoms with Crippen LogP contribution in [-0.2, 0) is 12.6 Å². The molecule has 0 aliphatic heterocycles. The van der Waals surface area contributed by atoms with Gasteiger partial charge in [0.1, 0.15) is 18.0 Å². The number of hydrogen-bond donors (Lipinski definition) is 3. The number of rotatable bonds is 4. The topological polar surface area (TPSA) is 132 Å². The lowest BCUT2D eigenvalue weighted by Crippen LogP contribution is -2.23. The first-order valence-electron chi connectivity index (χ1n) is 7.16. The number of nitrogens with one attached hydrogen (secondary N) is 2. The van der Waals surface area contributed by atoms with Gasteiger partial charge >= 0.3 is 5.69 Å². The van der Waals surface area contributed by atoms with E-state index in [0.717, 1.165) is 0 Å². The van der Waals surface area contributed by atoms with Crippen molar-refractivity contribution < 1.29 is 9.84 Å². The van der Waals surface area contributed by atoms with Crippen molar-refractivity contribution in [3.05, 3.63) is 50.7 Å². The molecule has 0 fully saturated rings. The molecule has 3 aromatic rings. The molecule has 9 heteroatoms. The SMILES string of the molecule is N#Cc1c([S-])nc2[nH]c(=O)[nH]c(=O)c2c1-c1ccc(OCCO)cc1. The number of aliphatic hydroxyl groups is 1. The number of nitriles is 1. The molecule has 0 saturated carbocycles. The molecule has 2 heterocycles. The van der Waals surface area contributed by atoms with Gasteiger partial charge < -0.3 is 22.5 Å². The van der Waals surface area contributed by atoms with Crippen LogP contribution in [-0.4, -0.2) is 33.3 Å². The number of nitrogens with zero attached hydrogens (tertiary/aromatic N) is 2. The van der Waals surface area contributed by atoms with E-state index in [2.05, 4.69) is 15.0 Å². The smallest absolute Gasteiger partial charge is 0.327 e. The molecule has 0 spiro atoms. The minimum absolute atomic E-state index is 0.00754. The molecule has 0 radical (unpaired) electrons. The first-order chi connectivity index (χ1) is 12.0. The zero-order valence-corrected chi connectivity index (χ0v) is 13.5. The summed E-state index contributed by atoms with van der Waals surface area (Å²) in [6, 6.07) is 8.56. The summed E-state index contributed by atoms with van der Waals surface area (Å²) in [6.45, 7) is 0.0373. The van der Waals surface area contributed by atoms with Crippen LogP contribution < -0.4 is 16.0 Å². The van der Waals surface area contributed by atoms with E-state index in [1.165, 1.54) is 0 Å². The van der Waals surface area contributed by atoms with Crippen LogP contribution in [0.1, 0.15) is 5.56 Å². The fourth-order valence-electron chi connectivity index (χ4n) is 2.45. The van der Waals surface area contributed by atoms with Gasteiger partial charge in [0.2, 0.25) is 0 Å². The quantitative estimate of drug-likeness (QED) is 0.578. The number of aliphatic hydroxyl groups excluding tert-OH is 1. The number of ether oxygens (including phenoxy) is 1. The van der Waals surface area contributed by atoms with Gasteiger partial charge in [-0.25, -0.2) is 4.79 Å². The molecule has 1 aromatic carbocycles. The summed E-state index contributed by atoms with van der Waals surface area (Å²) in [4.78, 5) is 32.3. The largest absolute Gasteiger partial charge is 0.759 e. The predicted octanol–water partition coefficient (Wildman–Crippen LogP) is 0.427. The van der Waals surface area contributed by atoms with Crippen LogP contribution in [0.5, 0.6) is 5.75 Å². The van der Waals surface area contributed by atoms with Gasteiger partial charge in [-0.15, -0.1) is 0 Å². The third kappa shape index (κ3) is 3.08. The minimum Gasteiger partial charge on any atom is -0.759 e. The number of H-pyrrole nitrogens is 2.